The van der Waals surface area contributed by atoms with Gasteiger partial charge in [0.05, 0.1) is 30.8 Å². The summed E-state index contributed by atoms with van der Waals surface area (Å²) in [6.45, 7) is 5.88. The molecule has 12 heteroatoms. The maximum atomic E-state index is 13.7. The molecule has 2 aliphatic rings. The summed E-state index contributed by atoms with van der Waals surface area (Å²) >= 11 is 6.30. The number of aromatic nitrogens is 1. The summed E-state index contributed by atoms with van der Waals surface area (Å²) in [5.74, 6) is 0.321. The van der Waals surface area contributed by atoms with Crippen LogP contribution in [0.15, 0.2) is 36.7 Å². The second-order valence-corrected chi connectivity index (χ2v) is 12.0. The first kappa shape index (κ1) is 33.0. The van der Waals surface area contributed by atoms with Crippen LogP contribution < -0.4 is 14.8 Å². The molecule has 4 rings (SSSR count). The fourth-order valence-electron chi connectivity index (χ4n) is 5.85. The van der Waals surface area contributed by atoms with Crippen LogP contribution in [-0.4, -0.2) is 102 Å². The molecule has 238 valence electrons. The number of ether oxygens (including phenoxy) is 2. The molecule has 2 bridgehead atoms. The summed E-state index contributed by atoms with van der Waals surface area (Å²) in [7, 11) is 3.07. The summed E-state index contributed by atoms with van der Waals surface area (Å²) in [5, 5.41) is 3.19. The van der Waals surface area contributed by atoms with Gasteiger partial charge >= 0.3 is 0 Å². The largest absolute Gasteiger partial charge is 0.493 e. The number of rotatable bonds is 6. The van der Waals surface area contributed by atoms with Crippen molar-refractivity contribution in [2.75, 3.05) is 46.9 Å². The van der Waals surface area contributed by atoms with E-state index >= 15 is 0 Å². The first-order chi connectivity index (χ1) is 21.1. The fourth-order valence-corrected chi connectivity index (χ4v) is 6.05. The minimum atomic E-state index is -0.739. The van der Waals surface area contributed by atoms with E-state index in [-0.39, 0.29) is 52.7 Å². The van der Waals surface area contributed by atoms with E-state index in [4.69, 9.17) is 21.1 Å². The van der Waals surface area contributed by atoms with E-state index in [1.807, 2.05) is 13.8 Å². The maximum absolute atomic E-state index is 13.7. The third-order valence-corrected chi connectivity index (χ3v) is 8.39. The lowest BCUT2D eigenvalue weighted by molar-refractivity contribution is -0.134. The Bertz CT molecular complexity index is 1350. The molecule has 1 aromatic carbocycles. The first-order valence-electron chi connectivity index (χ1n) is 15.1. The summed E-state index contributed by atoms with van der Waals surface area (Å²) in [5.41, 5.74) is 0.745. The molecule has 2 saturated heterocycles. The molecular formula is C32H42ClN5O6. The van der Waals surface area contributed by atoms with Crippen molar-refractivity contribution in [3.8, 4) is 11.5 Å². The number of hydrogen-bond acceptors (Lipinski definition) is 7. The summed E-state index contributed by atoms with van der Waals surface area (Å²) < 4.78 is 10.7. The monoisotopic (exact) mass is 627 g/mol. The molecule has 0 saturated carbocycles. The molecule has 3 heterocycles. The minimum Gasteiger partial charge on any atom is -0.493 e. The van der Waals surface area contributed by atoms with Crippen LogP contribution >= 0.6 is 11.6 Å². The molecule has 0 radical (unpaired) electrons. The number of halogens is 1. The Morgan fingerprint density at radius 2 is 1.75 bits per heavy atom. The van der Waals surface area contributed by atoms with Gasteiger partial charge in [-0.25, -0.2) is 0 Å². The number of benzene rings is 1. The number of pyridine rings is 1. The van der Waals surface area contributed by atoms with Crippen LogP contribution in [0.5, 0.6) is 11.5 Å². The SMILES string of the molecule is COc1ccc(C(=O)N2CCCCNC(=O)[C@@H]3C[C@@H](CN3C(=O)c3ccncc3Cl)N(C(=O)CC(C)C)CCC2)cc1OC. The molecule has 0 aliphatic carbocycles. The van der Waals surface area contributed by atoms with Gasteiger partial charge in [-0.05, 0) is 55.9 Å². The number of likely N-dealkylation sites (tertiary alicyclic amines) is 1. The molecule has 1 aromatic heterocycles. The van der Waals surface area contributed by atoms with Gasteiger partial charge in [0.15, 0.2) is 11.5 Å². The Morgan fingerprint density at radius 3 is 2.45 bits per heavy atom. The van der Waals surface area contributed by atoms with Gasteiger partial charge in [-0.2, -0.15) is 0 Å². The molecule has 44 heavy (non-hydrogen) atoms. The van der Waals surface area contributed by atoms with Gasteiger partial charge in [0.1, 0.15) is 6.04 Å². The lowest BCUT2D eigenvalue weighted by Gasteiger charge is -2.31. The zero-order valence-electron chi connectivity index (χ0n) is 25.9. The van der Waals surface area contributed by atoms with Crippen molar-refractivity contribution < 1.29 is 28.7 Å². The van der Waals surface area contributed by atoms with Crippen LogP contribution in [0.4, 0.5) is 0 Å². The summed E-state index contributed by atoms with van der Waals surface area (Å²) in [6, 6.07) is 5.54. The number of fused-ring (bicyclic) bond motifs is 2. The van der Waals surface area contributed by atoms with Crippen molar-refractivity contribution >= 4 is 35.2 Å². The van der Waals surface area contributed by atoms with E-state index in [2.05, 4.69) is 10.3 Å². The Balaban J connectivity index is 1.59. The van der Waals surface area contributed by atoms with Gasteiger partial charge in [-0.3, -0.25) is 24.2 Å². The second-order valence-electron chi connectivity index (χ2n) is 11.6. The average Bonchev–Trinajstić information content (AvgIpc) is 3.45. The number of nitrogens with one attached hydrogen (secondary N) is 1. The Hall–Kier alpha value is -3.86. The van der Waals surface area contributed by atoms with Gasteiger partial charge in [0.2, 0.25) is 11.8 Å². The number of hydrogen-bond donors (Lipinski definition) is 1. The van der Waals surface area contributed by atoms with Crippen LogP contribution in [0, 0.1) is 5.92 Å². The molecule has 0 spiro atoms. The highest BCUT2D eigenvalue weighted by atomic mass is 35.5. The Labute approximate surface area is 263 Å². The second kappa shape index (κ2) is 15.2. The number of methoxy groups -OCH3 is 2. The van der Waals surface area contributed by atoms with E-state index in [1.54, 1.807) is 41.2 Å². The van der Waals surface area contributed by atoms with E-state index in [0.29, 0.717) is 75.3 Å². The predicted octanol–water partition coefficient (Wildman–Crippen LogP) is 3.65. The van der Waals surface area contributed by atoms with Crippen molar-refractivity contribution in [2.24, 2.45) is 5.92 Å². The van der Waals surface area contributed by atoms with Crippen molar-refractivity contribution in [1.29, 1.82) is 0 Å². The lowest BCUT2D eigenvalue weighted by atomic mass is 10.1. The van der Waals surface area contributed by atoms with Crippen molar-refractivity contribution in [3.63, 3.8) is 0 Å². The maximum Gasteiger partial charge on any atom is 0.256 e. The number of amides is 4. The fraction of sp³-hybridized carbons (Fsp3) is 0.531. The Kier molecular flexibility index (Phi) is 11.4. The molecule has 2 atom stereocenters. The minimum absolute atomic E-state index is 0.0368. The lowest BCUT2D eigenvalue weighted by Crippen LogP contribution is -2.46. The molecule has 2 aliphatic heterocycles. The summed E-state index contributed by atoms with van der Waals surface area (Å²) in [6.07, 6.45) is 5.41. The van der Waals surface area contributed by atoms with E-state index in [0.717, 1.165) is 0 Å². The summed E-state index contributed by atoms with van der Waals surface area (Å²) in [4.78, 5) is 63.4. The van der Waals surface area contributed by atoms with Crippen molar-refractivity contribution in [2.45, 2.75) is 58.0 Å². The van der Waals surface area contributed by atoms with Crippen LogP contribution in [0.25, 0.3) is 0 Å². The van der Waals surface area contributed by atoms with Crippen LogP contribution in [0.1, 0.15) is 66.7 Å². The van der Waals surface area contributed by atoms with Gasteiger partial charge in [0.25, 0.3) is 11.8 Å². The van der Waals surface area contributed by atoms with Gasteiger partial charge in [-0.15, -0.1) is 0 Å². The third kappa shape index (κ3) is 7.80. The highest BCUT2D eigenvalue weighted by molar-refractivity contribution is 6.33. The van der Waals surface area contributed by atoms with Crippen LogP contribution in [0.2, 0.25) is 5.02 Å². The molecule has 11 nitrogen and oxygen atoms in total. The highest BCUT2D eigenvalue weighted by Crippen LogP contribution is 2.30. The number of nitrogens with zero attached hydrogens (tertiary/aromatic N) is 4. The van der Waals surface area contributed by atoms with Crippen molar-refractivity contribution in [3.05, 3.63) is 52.8 Å². The van der Waals surface area contributed by atoms with E-state index < -0.39 is 6.04 Å². The van der Waals surface area contributed by atoms with E-state index in [1.165, 1.54) is 24.4 Å². The topological polar surface area (TPSA) is 121 Å². The Morgan fingerprint density at radius 1 is 1.00 bits per heavy atom. The molecule has 2 aromatic rings. The highest BCUT2D eigenvalue weighted by Gasteiger charge is 2.43. The van der Waals surface area contributed by atoms with Crippen LogP contribution in [-0.2, 0) is 9.59 Å². The molecule has 2 fully saturated rings. The van der Waals surface area contributed by atoms with Gasteiger partial charge < -0.3 is 29.5 Å². The quantitative estimate of drug-likeness (QED) is 0.519. The smallest absolute Gasteiger partial charge is 0.256 e. The standard InChI is InChI=1S/C32H42ClN5O6/c1-21(2)16-29(39)37-15-7-14-36(31(41)22-8-9-27(43-3)28(17-22)44-4)13-6-5-11-35-30(40)26-18-23(37)20-38(26)32(42)24-10-12-34-19-25(24)33/h8-10,12,17,19,21,23,26H,5-7,11,13-16,18,20H2,1-4H3,(H,35,40)/t23-,26-/m0/s1. The zero-order valence-corrected chi connectivity index (χ0v) is 26.6. The molecule has 0 unspecified atom stereocenters. The van der Waals surface area contributed by atoms with Gasteiger partial charge in [0, 0.05) is 57.1 Å². The zero-order chi connectivity index (χ0) is 31.8. The normalized spacial score (nSPS) is 19.8. The molecular weight excluding hydrogens is 586 g/mol. The third-order valence-electron chi connectivity index (χ3n) is 8.09. The number of carbonyl (C=O) groups excluding carboxylic acids is 4. The first-order valence-corrected chi connectivity index (χ1v) is 15.5. The van der Waals surface area contributed by atoms with Crippen molar-refractivity contribution in [1.82, 2.24) is 25.0 Å². The molecule has 1 N–H and O–H groups in total. The average molecular weight is 628 g/mol. The molecule has 4 amide bonds. The van der Waals surface area contributed by atoms with Gasteiger partial charge in [-0.1, -0.05) is 25.4 Å². The van der Waals surface area contributed by atoms with E-state index in [9.17, 15) is 19.2 Å². The number of carbonyl (C=O) groups is 4. The predicted molar refractivity (Wildman–Crippen MR) is 166 cm³/mol. The van der Waals surface area contributed by atoms with Crippen LogP contribution in [0.3, 0.4) is 0 Å².